The number of nitrogens with zero attached hydrogens (tertiary/aromatic N) is 2. The Morgan fingerprint density at radius 3 is 2.42 bits per heavy atom. The lowest BCUT2D eigenvalue weighted by Gasteiger charge is -2.10. The molecule has 0 atom stereocenters. The number of amides is 1. The molecule has 0 radical (unpaired) electrons. The number of benzene rings is 2. The molecule has 2 N–H and O–H groups in total. The first-order chi connectivity index (χ1) is 12.4. The van der Waals surface area contributed by atoms with Crippen molar-refractivity contribution in [3.8, 4) is 0 Å². The van der Waals surface area contributed by atoms with Gasteiger partial charge in [-0.3, -0.25) is 4.79 Å². The second-order valence-corrected chi connectivity index (χ2v) is 6.49. The molecular formula is C20H19ClN4O. The maximum absolute atomic E-state index is 12.4. The molecule has 5 nitrogen and oxygen atoms in total. The highest BCUT2D eigenvalue weighted by Gasteiger charge is 2.10. The predicted octanol–water partition coefficient (Wildman–Crippen LogP) is 5.05. The molecular weight excluding hydrogens is 348 g/mol. The van der Waals surface area contributed by atoms with Crippen molar-refractivity contribution in [1.82, 2.24) is 9.97 Å². The van der Waals surface area contributed by atoms with Crippen LogP contribution in [-0.2, 0) is 0 Å². The van der Waals surface area contributed by atoms with Crippen LogP contribution in [0.25, 0.3) is 0 Å². The minimum Gasteiger partial charge on any atom is -0.324 e. The largest absolute Gasteiger partial charge is 0.324 e. The van der Waals surface area contributed by atoms with Crippen LogP contribution in [0.15, 0.2) is 48.8 Å². The Labute approximate surface area is 157 Å². The van der Waals surface area contributed by atoms with Crippen molar-refractivity contribution >= 4 is 34.8 Å². The summed E-state index contributed by atoms with van der Waals surface area (Å²) < 4.78 is 0. The Kier molecular flexibility index (Phi) is 5.19. The summed E-state index contributed by atoms with van der Waals surface area (Å²) in [5, 5.41) is 6.56. The Balaban J connectivity index is 1.71. The van der Waals surface area contributed by atoms with Gasteiger partial charge in [0.2, 0.25) is 5.95 Å². The maximum atomic E-state index is 12.4. The highest BCUT2D eigenvalue weighted by Crippen LogP contribution is 2.23. The van der Waals surface area contributed by atoms with Crippen molar-refractivity contribution in [2.45, 2.75) is 20.8 Å². The van der Waals surface area contributed by atoms with E-state index in [0.717, 1.165) is 11.3 Å². The fourth-order valence-corrected chi connectivity index (χ4v) is 2.57. The zero-order valence-corrected chi connectivity index (χ0v) is 15.6. The minimum absolute atomic E-state index is 0.284. The van der Waals surface area contributed by atoms with Crippen LogP contribution in [0.5, 0.6) is 0 Å². The van der Waals surface area contributed by atoms with Gasteiger partial charge in [0.05, 0.1) is 5.56 Å². The monoisotopic (exact) mass is 366 g/mol. The fraction of sp³-hybridized carbons (Fsp3) is 0.150. The highest BCUT2D eigenvalue weighted by atomic mass is 35.5. The second kappa shape index (κ2) is 7.54. The number of carbonyl (C=O) groups excluding carboxylic acids is 1. The SMILES string of the molecule is Cc1ccc(Nc2ncc(C(=O)Nc3cccc(Cl)c3C)cn2)cc1C. The van der Waals surface area contributed by atoms with Crippen LogP contribution in [0.1, 0.15) is 27.0 Å². The van der Waals surface area contributed by atoms with E-state index in [1.54, 1.807) is 18.2 Å². The standard InChI is InChI=1S/C20H19ClN4O/c1-12-7-8-16(9-13(12)2)24-20-22-10-15(11-23-20)19(26)25-18-6-4-5-17(21)14(18)3/h4-11H,1-3H3,(H,25,26)(H,22,23,24). The lowest BCUT2D eigenvalue weighted by atomic mass is 10.1. The molecule has 1 amide bonds. The summed E-state index contributed by atoms with van der Waals surface area (Å²) in [6.45, 7) is 5.96. The third-order valence-electron chi connectivity index (χ3n) is 4.19. The van der Waals surface area contributed by atoms with Crippen molar-refractivity contribution < 1.29 is 4.79 Å². The summed E-state index contributed by atoms with van der Waals surface area (Å²) in [6, 6.07) is 11.4. The highest BCUT2D eigenvalue weighted by molar-refractivity contribution is 6.31. The van der Waals surface area contributed by atoms with Gasteiger partial charge in [-0.15, -0.1) is 0 Å². The molecule has 0 aliphatic carbocycles. The summed E-state index contributed by atoms with van der Waals surface area (Å²) in [5.74, 6) is 0.150. The number of carbonyl (C=O) groups is 1. The number of hydrogen-bond acceptors (Lipinski definition) is 4. The van der Waals surface area contributed by atoms with Crippen molar-refractivity contribution in [2.75, 3.05) is 10.6 Å². The number of aryl methyl sites for hydroxylation is 2. The van der Waals surface area contributed by atoms with Gasteiger partial charge in [-0.1, -0.05) is 23.7 Å². The van der Waals surface area contributed by atoms with E-state index in [-0.39, 0.29) is 5.91 Å². The number of rotatable bonds is 4. The van der Waals surface area contributed by atoms with Crippen molar-refractivity contribution in [3.63, 3.8) is 0 Å². The molecule has 0 saturated heterocycles. The molecule has 3 rings (SSSR count). The van der Waals surface area contributed by atoms with Crippen LogP contribution in [0.4, 0.5) is 17.3 Å². The molecule has 3 aromatic rings. The van der Waals surface area contributed by atoms with Crippen LogP contribution >= 0.6 is 11.6 Å². The molecule has 0 unspecified atom stereocenters. The van der Waals surface area contributed by atoms with Crippen LogP contribution in [0.2, 0.25) is 5.02 Å². The molecule has 132 valence electrons. The van der Waals surface area contributed by atoms with Crippen LogP contribution in [0, 0.1) is 20.8 Å². The van der Waals surface area contributed by atoms with E-state index in [0.29, 0.717) is 22.2 Å². The molecule has 0 saturated carbocycles. The number of anilines is 3. The summed E-state index contributed by atoms with van der Waals surface area (Å²) in [5.41, 5.74) is 5.16. The molecule has 0 spiro atoms. The van der Waals surface area contributed by atoms with Gasteiger partial charge >= 0.3 is 0 Å². The van der Waals surface area contributed by atoms with Gasteiger partial charge in [-0.2, -0.15) is 0 Å². The van der Waals surface area contributed by atoms with E-state index >= 15 is 0 Å². The predicted molar refractivity (Wildman–Crippen MR) is 105 cm³/mol. The molecule has 0 fully saturated rings. The normalized spacial score (nSPS) is 10.5. The van der Waals surface area contributed by atoms with Crippen LogP contribution in [0.3, 0.4) is 0 Å². The summed E-state index contributed by atoms with van der Waals surface area (Å²) in [7, 11) is 0. The van der Waals surface area contributed by atoms with Crippen molar-refractivity contribution in [2.24, 2.45) is 0 Å². The van der Waals surface area contributed by atoms with Gasteiger partial charge in [0, 0.05) is 28.8 Å². The lowest BCUT2D eigenvalue weighted by Crippen LogP contribution is -2.14. The minimum atomic E-state index is -0.284. The summed E-state index contributed by atoms with van der Waals surface area (Å²) >= 11 is 6.08. The molecule has 2 aromatic carbocycles. The topological polar surface area (TPSA) is 66.9 Å². The van der Waals surface area contributed by atoms with Crippen molar-refractivity contribution in [3.05, 3.63) is 76.1 Å². The smallest absolute Gasteiger partial charge is 0.258 e. The van der Waals surface area contributed by atoms with E-state index < -0.39 is 0 Å². The van der Waals surface area contributed by atoms with Gasteiger partial charge in [0.25, 0.3) is 5.91 Å². The van der Waals surface area contributed by atoms with E-state index in [1.807, 2.05) is 32.0 Å². The number of aromatic nitrogens is 2. The zero-order chi connectivity index (χ0) is 18.7. The Hall–Kier alpha value is -2.92. The number of nitrogens with one attached hydrogen (secondary N) is 2. The van der Waals surface area contributed by atoms with Gasteiger partial charge in [-0.05, 0) is 61.7 Å². The molecule has 0 aliphatic rings. The maximum Gasteiger partial charge on any atom is 0.258 e. The van der Waals surface area contributed by atoms with E-state index in [9.17, 15) is 4.79 Å². The van der Waals surface area contributed by atoms with Gasteiger partial charge in [0.15, 0.2) is 0 Å². The summed E-state index contributed by atoms with van der Waals surface area (Å²) in [4.78, 5) is 20.8. The van der Waals surface area contributed by atoms with E-state index in [1.165, 1.54) is 23.5 Å². The van der Waals surface area contributed by atoms with Crippen LogP contribution < -0.4 is 10.6 Å². The molecule has 26 heavy (non-hydrogen) atoms. The lowest BCUT2D eigenvalue weighted by molar-refractivity contribution is 0.102. The number of halogens is 1. The molecule has 1 aromatic heterocycles. The first kappa shape index (κ1) is 17.9. The fourth-order valence-electron chi connectivity index (χ4n) is 2.40. The van der Waals surface area contributed by atoms with Crippen molar-refractivity contribution in [1.29, 1.82) is 0 Å². The first-order valence-electron chi connectivity index (χ1n) is 8.17. The molecule has 0 bridgehead atoms. The Morgan fingerprint density at radius 2 is 1.73 bits per heavy atom. The van der Waals surface area contributed by atoms with Gasteiger partial charge in [0.1, 0.15) is 0 Å². The first-order valence-corrected chi connectivity index (χ1v) is 8.54. The molecule has 6 heteroatoms. The van der Waals surface area contributed by atoms with Gasteiger partial charge in [-0.25, -0.2) is 9.97 Å². The Bertz CT molecular complexity index is 955. The van der Waals surface area contributed by atoms with E-state index in [2.05, 4.69) is 27.5 Å². The molecule has 1 heterocycles. The third kappa shape index (κ3) is 4.00. The third-order valence-corrected chi connectivity index (χ3v) is 4.60. The Morgan fingerprint density at radius 1 is 1.00 bits per heavy atom. The second-order valence-electron chi connectivity index (χ2n) is 6.09. The van der Waals surface area contributed by atoms with E-state index in [4.69, 9.17) is 11.6 Å². The summed E-state index contributed by atoms with van der Waals surface area (Å²) in [6.07, 6.45) is 2.98. The quantitative estimate of drug-likeness (QED) is 0.678. The van der Waals surface area contributed by atoms with Gasteiger partial charge < -0.3 is 10.6 Å². The number of hydrogen-bond donors (Lipinski definition) is 2. The zero-order valence-electron chi connectivity index (χ0n) is 14.8. The molecule has 0 aliphatic heterocycles. The average Bonchev–Trinajstić information content (AvgIpc) is 2.63. The average molecular weight is 367 g/mol. The van der Waals surface area contributed by atoms with Crippen LogP contribution in [-0.4, -0.2) is 15.9 Å².